The first-order chi connectivity index (χ1) is 11.5. The van der Waals surface area contributed by atoms with Crippen molar-refractivity contribution in [3.05, 3.63) is 58.9 Å². The smallest absolute Gasteiger partial charge is 0.337 e. The van der Waals surface area contributed by atoms with Crippen LogP contribution in [-0.2, 0) is 9.53 Å². The van der Waals surface area contributed by atoms with E-state index in [1.807, 2.05) is 0 Å². The average molecular weight is 351 g/mol. The van der Waals surface area contributed by atoms with Gasteiger partial charge in [-0.15, -0.1) is 0 Å². The quantitative estimate of drug-likeness (QED) is 0.779. The third-order valence-electron chi connectivity index (χ3n) is 3.17. The molecular weight excluding hydrogens is 335 g/mol. The molecule has 0 aromatic heterocycles. The lowest BCUT2D eigenvalue weighted by Gasteiger charge is -2.09. The van der Waals surface area contributed by atoms with Crippen LogP contribution in [-0.4, -0.2) is 25.5 Å². The lowest BCUT2D eigenvalue weighted by molar-refractivity contribution is -0.115. The van der Waals surface area contributed by atoms with Crippen LogP contribution >= 0.6 is 11.6 Å². The van der Waals surface area contributed by atoms with E-state index in [1.165, 1.54) is 25.3 Å². The molecule has 2 N–H and O–H groups in total. The monoisotopic (exact) mass is 350 g/mol. The zero-order valence-electron chi connectivity index (χ0n) is 12.9. The van der Waals surface area contributed by atoms with E-state index < -0.39 is 11.8 Å². The van der Waals surface area contributed by atoms with Crippen LogP contribution in [0.3, 0.4) is 0 Å². The molecule has 7 heteroatoms. The lowest BCUT2D eigenvalue weighted by Crippen LogP contribution is -2.16. The standard InChI is InChI=1S/C17H16ClFN2O3/c1-24-17(23)11-3-2-4-12(9-11)20-8-7-16(22)21-13-5-6-15(19)14(18)10-13/h2-6,9-10,20H,7-8H2,1H3,(H,21,22). The maximum absolute atomic E-state index is 13.1. The van der Waals surface area contributed by atoms with Gasteiger partial charge in [0.25, 0.3) is 0 Å². The molecule has 126 valence electrons. The first-order valence-electron chi connectivity index (χ1n) is 7.17. The molecule has 0 radical (unpaired) electrons. The van der Waals surface area contributed by atoms with Crippen molar-refractivity contribution in [3.8, 4) is 0 Å². The van der Waals surface area contributed by atoms with E-state index in [9.17, 15) is 14.0 Å². The van der Waals surface area contributed by atoms with Crippen LogP contribution < -0.4 is 10.6 Å². The normalized spacial score (nSPS) is 10.1. The number of hydrogen-bond donors (Lipinski definition) is 2. The fraction of sp³-hybridized carbons (Fsp3) is 0.176. The molecule has 0 bridgehead atoms. The van der Waals surface area contributed by atoms with E-state index >= 15 is 0 Å². The van der Waals surface area contributed by atoms with E-state index in [0.29, 0.717) is 23.5 Å². The van der Waals surface area contributed by atoms with Crippen molar-refractivity contribution < 1.29 is 18.7 Å². The number of ether oxygens (including phenoxy) is 1. The Balaban J connectivity index is 1.84. The van der Waals surface area contributed by atoms with Crippen molar-refractivity contribution in [3.63, 3.8) is 0 Å². The number of benzene rings is 2. The Morgan fingerprint density at radius 2 is 1.96 bits per heavy atom. The molecule has 0 saturated carbocycles. The van der Waals surface area contributed by atoms with Crippen LogP contribution in [0.5, 0.6) is 0 Å². The summed E-state index contributed by atoms with van der Waals surface area (Å²) in [6, 6.07) is 10.8. The molecular formula is C17H16ClFN2O3. The van der Waals surface area contributed by atoms with Crippen LogP contribution in [0, 0.1) is 5.82 Å². The van der Waals surface area contributed by atoms with Gasteiger partial charge in [-0.1, -0.05) is 17.7 Å². The van der Waals surface area contributed by atoms with Crippen LogP contribution in [0.1, 0.15) is 16.8 Å². The minimum absolute atomic E-state index is 0.0504. The van der Waals surface area contributed by atoms with Crippen molar-refractivity contribution >= 4 is 34.9 Å². The zero-order valence-corrected chi connectivity index (χ0v) is 13.7. The van der Waals surface area contributed by atoms with Gasteiger partial charge in [-0.3, -0.25) is 4.79 Å². The second-order valence-corrected chi connectivity index (χ2v) is 5.33. The molecule has 0 aliphatic heterocycles. The average Bonchev–Trinajstić information content (AvgIpc) is 2.57. The van der Waals surface area contributed by atoms with Gasteiger partial charge in [0, 0.05) is 24.3 Å². The molecule has 1 amide bonds. The summed E-state index contributed by atoms with van der Waals surface area (Å²) in [5, 5.41) is 5.63. The summed E-state index contributed by atoms with van der Waals surface area (Å²) < 4.78 is 17.7. The molecule has 0 atom stereocenters. The molecule has 0 unspecified atom stereocenters. The molecule has 0 fully saturated rings. The highest BCUT2D eigenvalue weighted by Gasteiger charge is 2.07. The van der Waals surface area contributed by atoms with Gasteiger partial charge < -0.3 is 15.4 Å². The molecule has 24 heavy (non-hydrogen) atoms. The summed E-state index contributed by atoms with van der Waals surface area (Å²) in [6.07, 6.45) is 0.192. The van der Waals surface area contributed by atoms with Crippen molar-refractivity contribution in [1.29, 1.82) is 0 Å². The van der Waals surface area contributed by atoms with Crippen molar-refractivity contribution in [2.24, 2.45) is 0 Å². The molecule has 0 heterocycles. The largest absolute Gasteiger partial charge is 0.465 e. The minimum atomic E-state index is -0.540. The molecule has 0 aliphatic carbocycles. The number of carbonyl (C=O) groups is 2. The van der Waals surface area contributed by atoms with Crippen LogP contribution in [0.4, 0.5) is 15.8 Å². The van der Waals surface area contributed by atoms with Gasteiger partial charge in [0.2, 0.25) is 5.91 Å². The van der Waals surface area contributed by atoms with Gasteiger partial charge in [-0.05, 0) is 36.4 Å². The molecule has 5 nitrogen and oxygen atoms in total. The SMILES string of the molecule is COC(=O)c1cccc(NCCC(=O)Nc2ccc(F)c(Cl)c2)c1. The number of methoxy groups -OCH3 is 1. The van der Waals surface area contributed by atoms with Gasteiger partial charge >= 0.3 is 5.97 Å². The molecule has 0 aliphatic rings. The Bertz CT molecular complexity index is 752. The fourth-order valence-electron chi connectivity index (χ4n) is 1.99. The zero-order chi connectivity index (χ0) is 17.5. The number of rotatable bonds is 6. The first-order valence-corrected chi connectivity index (χ1v) is 7.54. The lowest BCUT2D eigenvalue weighted by atomic mass is 10.2. The Kier molecular flexibility index (Phi) is 6.14. The molecule has 2 aromatic rings. The number of anilines is 2. The summed E-state index contributed by atoms with van der Waals surface area (Å²) in [4.78, 5) is 23.3. The van der Waals surface area contributed by atoms with Crippen LogP contribution in [0.2, 0.25) is 5.02 Å². The number of amides is 1. The van der Waals surface area contributed by atoms with E-state index in [2.05, 4.69) is 15.4 Å². The molecule has 0 saturated heterocycles. The Hall–Kier alpha value is -2.60. The van der Waals surface area contributed by atoms with Crippen LogP contribution in [0.15, 0.2) is 42.5 Å². The second kappa shape index (κ2) is 8.31. The highest BCUT2D eigenvalue weighted by atomic mass is 35.5. The number of hydrogen-bond acceptors (Lipinski definition) is 4. The predicted molar refractivity (Wildman–Crippen MR) is 90.9 cm³/mol. The van der Waals surface area contributed by atoms with Gasteiger partial charge in [-0.2, -0.15) is 0 Å². The van der Waals surface area contributed by atoms with Crippen molar-refractivity contribution in [1.82, 2.24) is 0 Å². The third-order valence-corrected chi connectivity index (χ3v) is 3.46. The molecule has 2 rings (SSSR count). The predicted octanol–water partition coefficient (Wildman–Crippen LogP) is 3.71. The summed E-state index contributed by atoms with van der Waals surface area (Å²) in [5.41, 5.74) is 1.56. The molecule has 0 spiro atoms. The number of nitrogens with one attached hydrogen (secondary N) is 2. The fourth-order valence-corrected chi connectivity index (χ4v) is 2.17. The Morgan fingerprint density at radius 1 is 1.17 bits per heavy atom. The number of halogens is 2. The van der Waals surface area contributed by atoms with Crippen molar-refractivity contribution in [2.75, 3.05) is 24.3 Å². The molecule has 2 aromatic carbocycles. The topological polar surface area (TPSA) is 67.4 Å². The van der Waals surface area contributed by atoms with Crippen LogP contribution in [0.25, 0.3) is 0 Å². The summed E-state index contributed by atoms with van der Waals surface area (Å²) in [7, 11) is 1.31. The highest BCUT2D eigenvalue weighted by molar-refractivity contribution is 6.31. The van der Waals surface area contributed by atoms with E-state index in [-0.39, 0.29) is 17.4 Å². The minimum Gasteiger partial charge on any atom is -0.465 e. The Labute approximate surface area is 143 Å². The van der Waals surface area contributed by atoms with E-state index in [0.717, 1.165) is 0 Å². The van der Waals surface area contributed by atoms with Gasteiger partial charge in [0.15, 0.2) is 0 Å². The van der Waals surface area contributed by atoms with Gasteiger partial charge in [0.1, 0.15) is 5.82 Å². The second-order valence-electron chi connectivity index (χ2n) is 4.93. The maximum atomic E-state index is 13.1. The third kappa shape index (κ3) is 4.96. The van der Waals surface area contributed by atoms with E-state index in [1.54, 1.807) is 24.3 Å². The van der Waals surface area contributed by atoms with Gasteiger partial charge in [0.05, 0.1) is 17.7 Å². The number of carbonyl (C=O) groups excluding carboxylic acids is 2. The summed E-state index contributed by atoms with van der Waals surface area (Å²) in [5.74, 6) is -1.21. The maximum Gasteiger partial charge on any atom is 0.337 e. The summed E-state index contributed by atoms with van der Waals surface area (Å²) >= 11 is 5.66. The van der Waals surface area contributed by atoms with E-state index in [4.69, 9.17) is 11.6 Å². The Morgan fingerprint density at radius 3 is 2.67 bits per heavy atom. The van der Waals surface area contributed by atoms with Gasteiger partial charge in [-0.25, -0.2) is 9.18 Å². The summed E-state index contributed by atoms with van der Waals surface area (Å²) in [6.45, 7) is 0.366. The number of esters is 1. The highest BCUT2D eigenvalue weighted by Crippen LogP contribution is 2.19. The van der Waals surface area contributed by atoms with Crippen molar-refractivity contribution in [2.45, 2.75) is 6.42 Å². The first kappa shape index (κ1) is 17.7.